The van der Waals surface area contributed by atoms with Crippen LogP contribution in [0, 0.1) is 0 Å². The van der Waals surface area contributed by atoms with Gasteiger partial charge >= 0.3 is 0 Å². The van der Waals surface area contributed by atoms with Gasteiger partial charge in [0.2, 0.25) is 10.0 Å². The first-order chi connectivity index (χ1) is 5.60. The first-order valence-corrected chi connectivity index (χ1v) is 5.54. The molecule has 0 aromatic heterocycles. The summed E-state index contributed by atoms with van der Waals surface area (Å²) in [4.78, 5) is 4.57. The summed E-state index contributed by atoms with van der Waals surface area (Å²) in [5.41, 5.74) is 0. The van der Waals surface area contributed by atoms with Crippen molar-refractivity contribution in [2.24, 2.45) is 5.90 Å². The number of rotatable bonds is 3. The van der Waals surface area contributed by atoms with Crippen LogP contribution in [0.25, 0.3) is 0 Å². The Labute approximate surface area is 72.5 Å². The van der Waals surface area contributed by atoms with Gasteiger partial charge in [0.05, 0.1) is 11.9 Å². The van der Waals surface area contributed by atoms with E-state index in [9.17, 15) is 8.42 Å². The quantitative estimate of drug-likeness (QED) is 0.603. The van der Waals surface area contributed by atoms with Gasteiger partial charge in [-0.3, -0.25) is 4.84 Å². The monoisotopic (exact) mass is 194 g/mol. The minimum atomic E-state index is -3.04. The van der Waals surface area contributed by atoms with E-state index in [1.54, 1.807) is 6.92 Å². The van der Waals surface area contributed by atoms with E-state index in [1.165, 1.54) is 4.31 Å². The van der Waals surface area contributed by atoms with Crippen LogP contribution in [0.2, 0.25) is 0 Å². The molecule has 12 heavy (non-hydrogen) atoms. The Hall–Kier alpha value is -0.170. The van der Waals surface area contributed by atoms with Crippen molar-refractivity contribution < 1.29 is 13.3 Å². The topological polar surface area (TPSA) is 72.6 Å². The molecule has 0 amide bonds. The molecule has 1 fully saturated rings. The fraction of sp³-hybridized carbons (Fsp3) is 1.00. The van der Waals surface area contributed by atoms with E-state index < -0.39 is 10.0 Å². The summed E-state index contributed by atoms with van der Waals surface area (Å²) < 4.78 is 24.0. The first-order valence-electron chi connectivity index (χ1n) is 3.93. The average molecular weight is 194 g/mol. The van der Waals surface area contributed by atoms with E-state index in [0.29, 0.717) is 19.5 Å². The molecule has 1 heterocycles. The third kappa shape index (κ3) is 1.95. The van der Waals surface area contributed by atoms with Crippen molar-refractivity contribution in [1.29, 1.82) is 0 Å². The molecule has 1 aliphatic heterocycles. The molecule has 1 saturated heterocycles. The van der Waals surface area contributed by atoms with Gasteiger partial charge in [-0.25, -0.2) is 14.3 Å². The van der Waals surface area contributed by atoms with Crippen molar-refractivity contribution in [2.75, 3.05) is 18.8 Å². The van der Waals surface area contributed by atoms with Crippen molar-refractivity contribution in [3.05, 3.63) is 0 Å². The molecule has 2 N–H and O–H groups in total. The smallest absolute Gasteiger partial charge is 0.213 e. The summed E-state index contributed by atoms with van der Waals surface area (Å²) in [7, 11) is -3.04. The highest BCUT2D eigenvalue weighted by molar-refractivity contribution is 7.89. The molecule has 72 valence electrons. The van der Waals surface area contributed by atoms with Crippen LogP contribution >= 0.6 is 0 Å². The summed E-state index contributed by atoms with van der Waals surface area (Å²) in [5.74, 6) is 5.10. The number of hydrogen-bond donors (Lipinski definition) is 1. The second kappa shape index (κ2) is 3.69. The molecule has 0 radical (unpaired) electrons. The summed E-state index contributed by atoms with van der Waals surface area (Å²) in [6, 6.07) is 0. The lowest BCUT2D eigenvalue weighted by atomic mass is 10.3. The van der Waals surface area contributed by atoms with Crippen molar-refractivity contribution in [1.82, 2.24) is 4.31 Å². The predicted octanol–water partition coefficient (Wildman–Crippen LogP) is -0.699. The zero-order chi connectivity index (χ0) is 9.19. The van der Waals surface area contributed by atoms with Gasteiger partial charge < -0.3 is 0 Å². The number of sulfonamides is 1. The molecule has 0 saturated carbocycles. The molecular formula is C6H14N2O3S. The van der Waals surface area contributed by atoms with Crippen LogP contribution in [-0.4, -0.2) is 37.7 Å². The van der Waals surface area contributed by atoms with Crippen molar-refractivity contribution >= 4 is 10.0 Å². The number of hydrogen-bond acceptors (Lipinski definition) is 4. The zero-order valence-electron chi connectivity index (χ0n) is 7.06. The van der Waals surface area contributed by atoms with Crippen molar-refractivity contribution in [2.45, 2.75) is 19.4 Å². The molecule has 5 nitrogen and oxygen atoms in total. The largest absolute Gasteiger partial charge is 0.300 e. The molecule has 6 heteroatoms. The maximum absolute atomic E-state index is 11.3. The number of nitrogens with two attached hydrogens (primary N) is 1. The molecule has 1 rings (SSSR count). The third-order valence-corrected chi connectivity index (χ3v) is 3.91. The summed E-state index contributed by atoms with van der Waals surface area (Å²) >= 11 is 0. The normalized spacial score (nSPS) is 26.3. The van der Waals surface area contributed by atoms with Crippen LogP contribution in [0.5, 0.6) is 0 Å². The zero-order valence-corrected chi connectivity index (χ0v) is 7.88. The highest BCUT2D eigenvalue weighted by Gasteiger charge is 2.30. The Balaban J connectivity index is 2.58. The fourth-order valence-corrected chi connectivity index (χ4v) is 2.39. The molecule has 1 unspecified atom stereocenters. The molecule has 0 aliphatic carbocycles. The highest BCUT2D eigenvalue weighted by atomic mass is 32.2. The van der Waals surface area contributed by atoms with Gasteiger partial charge in [0, 0.05) is 13.1 Å². The summed E-state index contributed by atoms with van der Waals surface area (Å²) in [5, 5.41) is 0. The fourth-order valence-electron chi connectivity index (χ4n) is 1.24. The molecule has 1 atom stereocenters. The van der Waals surface area contributed by atoms with Crippen LogP contribution in [-0.2, 0) is 14.9 Å². The van der Waals surface area contributed by atoms with E-state index in [-0.39, 0.29) is 11.9 Å². The maximum atomic E-state index is 11.3. The lowest BCUT2D eigenvalue weighted by Crippen LogP contribution is -2.32. The van der Waals surface area contributed by atoms with Crippen LogP contribution in [0.15, 0.2) is 0 Å². The Morgan fingerprint density at radius 3 is 2.75 bits per heavy atom. The van der Waals surface area contributed by atoms with Gasteiger partial charge in [0.25, 0.3) is 0 Å². The van der Waals surface area contributed by atoms with Gasteiger partial charge in [0.1, 0.15) is 0 Å². The maximum Gasteiger partial charge on any atom is 0.213 e. The molecule has 0 bridgehead atoms. The minimum absolute atomic E-state index is 0.133. The third-order valence-electron chi connectivity index (χ3n) is 2.06. The predicted molar refractivity (Wildman–Crippen MR) is 44.7 cm³/mol. The number of nitrogens with zero attached hydrogens (tertiary/aromatic N) is 1. The second-order valence-corrected chi connectivity index (χ2v) is 5.06. The minimum Gasteiger partial charge on any atom is -0.300 e. The van der Waals surface area contributed by atoms with Gasteiger partial charge in [0.15, 0.2) is 0 Å². The Morgan fingerprint density at radius 1 is 1.67 bits per heavy atom. The highest BCUT2D eigenvalue weighted by Crippen LogP contribution is 2.15. The van der Waals surface area contributed by atoms with Crippen LogP contribution in [0.1, 0.15) is 13.3 Å². The van der Waals surface area contributed by atoms with E-state index >= 15 is 0 Å². The van der Waals surface area contributed by atoms with Crippen LogP contribution in [0.3, 0.4) is 0 Å². The lowest BCUT2D eigenvalue weighted by Gasteiger charge is -2.13. The molecule has 0 aromatic rings. The molecule has 0 aromatic carbocycles. The lowest BCUT2D eigenvalue weighted by molar-refractivity contribution is 0.0642. The Morgan fingerprint density at radius 2 is 2.33 bits per heavy atom. The van der Waals surface area contributed by atoms with E-state index in [2.05, 4.69) is 4.84 Å². The van der Waals surface area contributed by atoms with Crippen molar-refractivity contribution in [3.63, 3.8) is 0 Å². The summed E-state index contributed by atoms with van der Waals surface area (Å²) in [6.45, 7) is 2.55. The van der Waals surface area contributed by atoms with Gasteiger partial charge in [-0.2, -0.15) is 4.31 Å². The molecular weight excluding hydrogens is 180 g/mol. The standard InChI is InChI=1S/C6H14N2O3S/c1-2-12(9,10)8-4-3-6(5-8)11-7/h6H,2-5,7H2,1H3. The van der Waals surface area contributed by atoms with Crippen LogP contribution < -0.4 is 5.90 Å². The first kappa shape index (κ1) is 9.91. The Kier molecular flexibility index (Phi) is 3.05. The van der Waals surface area contributed by atoms with Gasteiger partial charge in [-0.1, -0.05) is 0 Å². The average Bonchev–Trinajstić information content (AvgIpc) is 2.52. The van der Waals surface area contributed by atoms with Crippen LogP contribution in [0.4, 0.5) is 0 Å². The van der Waals surface area contributed by atoms with Gasteiger partial charge in [-0.15, -0.1) is 0 Å². The van der Waals surface area contributed by atoms with E-state index in [0.717, 1.165) is 0 Å². The van der Waals surface area contributed by atoms with Gasteiger partial charge in [-0.05, 0) is 13.3 Å². The summed E-state index contributed by atoms with van der Waals surface area (Å²) in [6.07, 6.45) is 0.557. The molecule has 1 aliphatic rings. The van der Waals surface area contributed by atoms with E-state index in [1.807, 2.05) is 0 Å². The molecule has 0 spiro atoms. The Bertz CT molecular complexity index is 239. The SMILES string of the molecule is CCS(=O)(=O)N1CCC(ON)C1. The van der Waals surface area contributed by atoms with Crippen molar-refractivity contribution in [3.8, 4) is 0 Å². The second-order valence-electron chi connectivity index (χ2n) is 2.81. The van der Waals surface area contributed by atoms with E-state index in [4.69, 9.17) is 5.90 Å².